The fourth-order valence-electron chi connectivity index (χ4n) is 3.88. The molecule has 182 valence electrons. The van der Waals surface area contributed by atoms with Crippen LogP contribution in [0.5, 0.6) is 0 Å². The molecule has 0 saturated carbocycles. The molecule has 0 aliphatic carbocycles. The number of carbonyl (C=O) groups is 3. The van der Waals surface area contributed by atoms with Crippen molar-refractivity contribution in [2.45, 2.75) is 24.4 Å². The Morgan fingerprint density at radius 3 is 2.46 bits per heavy atom. The Morgan fingerprint density at radius 1 is 1.14 bits per heavy atom. The van der Waals surface area contributed by atoms with Crippen LogP contribution in [0.1, 0.15) is 11.1 Å². The van der Waals surface area contributed by atoms with Gasteiger partial charge < -0.3 is 10.1 Å². The number of alkyl halides is 1. The average Bonchev–Trinajstić information content (AvgIpc) is 2.86. The quantitative estimate of drug-likeness (QED) is 0.171. The van der Waals surface area contributed by atoms with Crippen LogP contribution in [-0.4, -0.2) is 54.3 Å². The van der Waals surface area contributed by atoms with Crippen LogP contribution < -0.4 is 5.32 Å². The largest absolute Gasteiger partial charge is 0.456 e. The average molecular weight is 562 g/mol. The Bertz CT molecular complexity index is 1230. The third-order valence-electron chi connectivity index (χ3n) is 5.60. The summed E-state index contributed by atoms with van der Waals surface area (Å²) >= 11 is 3.28. The van der Waals surface area contributed by atoms with Crippen LogP contribution in [-0.2, 0) is 42.9 Å². The predicted octanol–water partition coefficient (Wildman–Crippen LogP) is 1.95. The second kappa shape index (κ2) is 10.5. The number of benzene rings is 2. The number of β-lactam (4-membered cyclic amide) rings is 1. The molecule has 4 rings (SSSR count). The number of nitrogens with one attached hydrogen (secondary N) is 1. The molecule has 2 aliphatic rings. The highest BCUT2D eigenvalue weighted by molar-refractivity contribution is 9.09. The van der Waals surface area contributed by atoms with Crippen molar-refractivity contribution >= 4 is 50.2 Å². The minimum atomic E-state index is -1.53. The van der Waals surface area contributed by atoms with Crippen molar-refractivity contribution in [2.24, 2.45) is 0 Å². The number of amides is 2. The zero-order valence-electron chi connectivity index (χ0n) is 18.2. The summed E-state index contributed by atoms with van der Waals surface area (Å²) in [6.07, 6.45) is 0.0661. The van der Waals surface area contributed by atoms with Gasteiger partial charge in [-0.25, -0.2) is 4.79 Å². The summed E-state index contributed by atoms with van der Waals surface area (Å²) in [5.41, 5.74) is 1.67. The topological polar surface area (TPSA) is 136 Å². The van der Waals surface area contributed by atoms with Gasteiger partial charge in [0.2, 0.25) is 5.91 Å². The molecule has 0 spiro atoms. The van der Waals surface area contributed by atoms with Crippen molar-refractivity contribution in [3.63, 3.8) is 0 Å². The number of hydrogen-bond donors (Lipinski definition) is 1. The van der Waals surface area contributed by atoms with Crippen molar-refractivity contribution in [1.82, 2.24) is 10.2 Å². The standard InChI is InChI=1S/C23H20BrN3O7S/c24-11-16-13-35(33)22-19(25-18(28)10-14-4-2-1-3-5-14)21(29)26(22)20(16)23(30)34-12-15-6-8-17(9-7-15)27(31)32/h1-9,19,22H,10-13H2,(H,25,28)/t19?,22-,35?/m1/s1. The lowest BCUT2D eigenvalue weighted by atomic mass is 10.0. The lowest BCUT2D eigenvalue weighted by molar-refractivity contribution is -0.384. The predicted molar refractivity (Wildman–Crippen MR) is 129 cm³/mol. The molecule has 2 unspecified atom stereocenters. The molecule has 2 heterocycles. The van der Waals surface area contributed by atoms with Crippen LogP contribution in [0.2, 0.25) is 0 Å². The van der Waals surface area contributed by atoms with Crippen LogP contribution in [0.25, 0.3) is 0 Å². The van der Waals surface area contributed by atoms with Crippen LogP contribution in [0.3, 0.4) is 0 Å². The third-order valence-corrected chi connectivity index (χ3v) is 7.93. The Morgan fingerprint density at radius 2 is 1.83 bits per heavy atom. The van der Waals surface area contributed by atoms with Crippen LogP contribution in [0.4, 0.5) is 5.69 Å². The number of esters is 1. The van der Waals surface area contributed by atoms with E-state index < -0.39 is 39.0 Å². The van der Waals surface area contributed by atoms with Crippen molar-refractivity contribution in [2.75, 3.05) is 11.1 Å². The molecule has 0 radical (unpaired) electrons. The first-order valence-electron chi connectivity index (χ1n) is 10.5. The van der Waals surface area contributed by atoms with Crippen LogP contribution >= 0.6 is 15.9 Å². The number of carbonyl (C=O) groups excluding carboxylic acids is 3. The van der Waals surface area contributed by atoms with Gasteiger partial charge in [0.25, 0.3) is 11.6 Å². The SMILES string of the molecule is O=C(Cc1ccccc1)NC1C(=O)N2C(C(=O)OCc3ccc([N+](=O)[O-])cc3)=C(CBr)CS(=O)[C@H]12. The fourth-order valence-corrected chi connectivity index (χ4v) is 6.29. The van der Waals surface area contributed by atoms with Gasteiger partial charge in [-0.05, 0) is 28.8 Å². The molecule has 3 atom stereocenters. The molecule has 0 aromatic heterocycles. The summed E-state index contributed by atoms with van der Waals surface area (Å²) in [7, 11) is -1.53. The van der Waals surface area contributed by atoms with Gasteiger partial charge in [-0.3, -0.25) is 28.8 Å². The number of nitrogens with zero attached hydrogens (tertiary/aromatic N) is 2. The van der Waals surface area contributed by atoms with E-state index in [1.165, 1.54) is 24.3 Å². The Kier molecular flexibility index (Phi) is 7.41. The first-order valence-corrected chi connectivity index (χ1v) is 13.0. The summed E-state index contributed by atoms with van der Waals surface area (Å²) in [4.78, 5) is 49.7. The minimum absolute atomic E-state index is 0.00643. The number of non-ortho nitro benzene ring substituents is 1. The third kappa shape index (κ3) is 5.17. The van der Waals surface area contributed by atoms with Gasteiger partial charge in [0.1, 0.15) is 23.7 Å². The van der Waals surface area contributed by atoms with E-state index in [1.807, 2.05) is 6.07 Å². The number of fused-ring (bicyclic) bond motifs is 1. The summed E-state index contributed by atoms with van der Waals surface area (Å²) in [6, 6.07) is 13.5. The summed E-state index contributed by atoms with van der Waals surface area (Å²) in [6.45, 7) is -0.164. The number of nitro benzene ring substituents is 1. The van der Waals surface area contributed by atoms with E-state index in [2.05, 4.69) is 21.2 Å². The lowest BCUT2D eigenvalue weighted by Gasteiger charge is -2.49. The van der Waals surface area contributed by atoms with Gasteiger partial charge in [0, 0.05) is 17.5 Å². The summed E-state index contributed by atoms with van der Waals surface area (Å²) < 4.78 is 18.2. The van der Waals surface area contributed by atoms with Crippen molar-refractivity contribution in [3.05, 3.63) is 87.1 Å². The molecule has 2 aromatic carbocycles. The number of hydrogen-bond acceptors (Lipinski definition) is 7. The van der Waals surface area contributed by atoms with Crippen molar-refractivity contribution in [3.8, 4) is 0 Å². The Balaban J connectivity index is 1.45. The lowest BCUT2D eigenvalue weighted by Crippen LogP contribution is -2.73. The molecule has 12 heteroatoms. The monoisotopic (exact) mass is 561 g/mol. The number of halogens is 1. The van der Waals surface area contributed by atoms with E-state index in [4.69, 9.17) is 4.74 Å². The molecular formula is C23H20BrN3O7S. The van der Waals surface area contributed by atoms with Gasteiger partial charge in [-0.2, -0.15) is 0 Å². The van der Waals surface area contributed by atoms with Gasteiger partial charge in [0.05, 0.1) is 27.9 Å². The molecule has 2 aliphatic heterocycles. The van der Waals surface area contributed by atoms with Gasteiger partial charge in [-0.1, -0.05) is 46.3 Å². The van der Waals surface area contributed by atoms with Crippen molar-refractivity contribution in [1.29, 1.82) is 0 Å². The second-order valence-electron chi connectivity index (χ2n) is 7.92. The maximum atomic E-state index is 12.9. The van der Waals surface area contributed by atoms with Gasteiger partial charge >= 0.3 is 5.97 Å². The molecule has 1 N–H and O–H groups in total. The normalized spacial score (nSPS) is 21.1. The van der Waals surface area contributed by atoms with Crippen LogP contribution in [0.15, 0.2) is 65.9 Å². The van der Waals surface area contributed by atoms with E-state index in [9.17, 15) is 28.7 Å². The van der Waals surface area contributed by atoms with E-state index in [0.29, 0.717) is 11.1 Å². The molecule has 1 fully saturated rings. The molecule has 35 heavy (non-hydrogen) atoms. The first kappa shape index (κ1) is 24.7. The highest BCUT2D eigenvalue weighted by Gasteiger charge is 2.57. The first-order chi connectivity index (χ1) is 16.8. The maximum absolute atomic E-state index is 12.9. The molecule has 2 aromatic rings. The minimum Gasteiger partial charge on any atom is -0.456 e. The van der Waals surface area contributed by atoms with E-state index in [0.717, 1.165) is 10.5 Å². The van der Waals surface area contributed by atoms with Crippen molar-refractivity contribution < 1.29 is 28.3 Å². The Hall–Kier alpha value is -3.38. The molecule has 10 nitrogen and oxygen atoms in total. The number of rotatable bonds is 8. The molecule has 2 amide bonds. The number of nitro groups is 1. The second-order valence-corrected chi connectivity index (χ2v) is 10.0. The van der Waals surface area contributed by atoms with Crippen LogP contribution in [0, 0.1) is 10.1 Å². The zero-order chi connectivity index (χ0) is 25.1. The smallest absolute Gasteiger partial charge is 0.355 e. The van der Waals surface area contributed by atoms with E-state index in [1.54, 1.807) is 24.3 Å². The molecule has 0 bridgehead atoms. The zero-order valence-corrected chi connectivity index (χ0v) is 20.6. The van der Waals surface area contributed by atoms with E-state index in [-0.39, 0.29) is 41.4 Å². The summed E-state index contributed by atoms with van der Waals surface area (Å²) in [5, 5.41) is 12.8. The van der Waals surface area contributed by atoms with E-state index >= 15 is 0 Å². The highest BCUT2D eigenvalue weighted by atomic mass is 79.9. The maximum Gasteiger partial charge on any atom is 0.355 e. The number of ether oxygens (including phenoxy) is 1. The fraction of sp³-hybridized carbons (Fsp3) is 0.261. The van der Waals surface area contributed by atoms with Gasteiger partial charge in [0.15, 0.2) is 0 Å². The van der Waals surface area contributed by atoms with Gasteiger partial charge in [-0.15, -0.1) is 0 Å². The highest BCUT2D eigenvalue weighted by Crippen LogP contribution is 2.36. The molecular weight excluding hydrogens is 542 g/mol. The molecule has 1 saturated heterocycles. The summed E-state index contributed by atoms with van der Waals surface area (Å²) in [5.74, 6) is -1.65. The Labute approximate surface area is 211 Å².